The van der Waals surface area contributed by atoms with E-state index in [1.54, 1.807) is 24.3 Å². The first kappa shape index (κ1) is 15.3. The molecule has 3 nitrogen and oxygen atoms in total. The zero-order chi connectivity index (χ0) is 15.6. The normalized spacial score (nSPS) is 10.2. The van der Waals surface area contributed by atoms with Gasteiger partial charge in [-0.05, 0) is 36.4 Å². The van der Waals surface area contributed by atoms with E-state index in [1.165, 1.54) is 0 Å². The van der Waals surface area contributed by atoms with Crippen LogP contribution < -0.4 is 11.1 Å². The van der Waals surface area contributed by atoms with E-state index in [2.05, 4.69) is 5.32 Å². The quantitative estimate of drug-likeness (QED) is 0.670. The van der Waals surface area contributed by atoms with E-state index in [-0.39, 0.29) is 10.0 Å². The van der Waals surface area contributed by atoms with E-state index in [1.807, 2.05) is 0 Å². The summed E-state index contributed by atoms with van der Waals surface area (Å²) in [4.78, 5) is 12.1. The van der Waals surface area contributed by atoms with E-state index in [4.69, 9.17) is 29.6 Å². The molecule has 3 N–H and O–H groups in total. The zero-order valence-corrected chi connectivity index (χ0v) is 12.1. The van der Waals surface area contributed by atoms with E-state index in [0.29, 0.717) is 11.3 Å². The molecule has 0 saturated carbocycles. The highest BCUT2D eigenvalue weighted by Gasteiger charge is 2.15. The summed E-state index contributed by atoms with van der Waals surface area (Å²) >= 11 is 10.2. The van der Waals surface area contributed by atoms with Gasteiger partial charge in [0.15, 0.2) is 0 Å². The number of carbonyl (C=O) groups excluding carboxylic acids is 1. The van der Waals surface area contributed by atoms with Crippen LogP contribution in [0.2, 0.25) is 5.02 Å². The Labute approximate surface area is 129 Å². The molecule has 0 unspecified atom stereocenters. The summed E-state index contributed by atoms with van der Waals surface area (Å²) in [7, 11) is 0. The van der Waals surface area contributed by atoms with Crippen LogP contribution in [0.5, 0.6) is 0 Å². The summed E-state index contributed by atoms with van der Waals surface area (Å²) < 4.78 is 26.9. The van der Waals surface area contributed by atoms with Crippen molar-refractivity contribution in [2.45, 2.75) is 0 Å². The van der Waals surface area contributed by atoms with Crippen molar-refractivity contribution in [3.8, 4) is 0 Å². The number of anilines is 1. The molecular weight excluding hydrogens is 318 g/mol. The standard InChI is InChI=1S/C14H9ClF2N2OS/c15-10-6-11(16)9(5-12(10)17)14(20)19-8-3-1-7(2-4-8)13(18)21/h1-6H,(H2,18,21)(H,19,20). The average molecular weight is 327 g/mol. The Bertz CT molecular complexity index is 720. The molecule has 0 saturated heterocycles. The number of halogens is 3. The number of amides is 1. The van der Waals surface area contributed by atoms with Crippen molar-refractivity contribution in [3.63, 3.8) is 0 Å². The molecule has 2 aromatic carbocycles. The molecule has 0 aliphatic carbocycles. The van der Waals surface area contributed by atoms with Crippen LogP contribution in [-0.2, 0) is 0 Å². The SMILES string of the molecule is NC(=S)c1ccc(NC(=O)c2cc(F)c(Cl)cc2F)cc1. The molecule has 108 valence electrons. The molecule has 1 amide bonds. The van der Waals surface area contributed by atoms with Crippen molar-refractivity contribution in [1.82, 2.24) is 0 Å². The van der Waals surface area contributed by atoms with Crippen molar-refractivity contribution in [3.05, 3.63) is 64.2 Å². The minimum atomic E-state index is -0.904. The molecular formula is C14H9ClF2N2OS. The molecule has 0 spiro atoms. The minimum Gasteiger partial charge on any atom is -0.389 e. The lowest BCUT2D eigenvalue weighted by Gasteiger charge is -2.07. The maximum absolute atomic E-state index is 13.6. The monoisotopic (exact) mass is 326 g/mol. The lowest BCUT2D eigenvalue weighted by atomic mass is 10.1. The van der Waals surface area contributed by atoms with Gasteiger partial charge in [0, 0.05) is 11.3 Å². The molecule has 7 heteroatoms. The zero-order valence-electron chi connectivity index (χ0n) is 10.5. The van der Waals surface area contributed by atoms with Crippen molar-refractivity contribution in [2.24, 2.45) is 5.73 Å². The molecule has 2 aromatic rings. The van der Waals surface area contributed by atoms with Crippen molar-refractivity contribution >= 4 is 40.4 Å². The summed E-state index contributed by atoms with van der Waals surface area (Å²) in [6.07, 6.45) is 0. The predicted molar refractivity (Wildman–Crippen MR) is 81.7 cm³/mol. The molecule has 0 aliphatic heterocycles. The van der Waals surface area contributed by atoms with Gasteiger partial charge in [0.1, 0.15) is 16.6 Å². The molecule has 0 heterocycles. The number of hydrogen-bond acceptors (Lipinski definition) is 2. The number of rotatable bonds is 3. The highest BCUT2D eigenvalue weighted by Crippen LogP contribution is 2.20. The van der Waals surface area contributed by atoms with Crippen molar-refractivity contribution in [1.29, 1.82) is 0 Å². The summed E-state index contributed by atoms with van der Waals surface area (Å²) in [5.41, 5.74) is 6.04. The van der Waals surface area contributed by atoms with Crippen LogP contribution in [0.1, 0.15) is 15.9 Å². The summed E-state index contributed by atoms with van der Waals surface area (Å²) in [5, 5.41) is 2.05. The highest BCUT2D eigenvalue weighted by molar-refractivity contribution is 7.80. The Morgan fingerprint density at radius 3 is 2.33 bits per heavy atom. The average Bonchev–Trinajstić information content (AvgIpc) is 2.43. The van der Waals surface area contributed by atoms with Gasteiger partial charge in [-0.3, -0.25) is 4.79 Å². The van der Waals surface area contributed by atoms with Gasteiger partial charge < -0.3 is 11.1 Å². The number of benzene rings is 2. The van der Waals surface area contributed by atoms with Gasteiger partial charge in [-0.25, -0.2) is 8.78 Å². The van der Waals surface area contributed by atoms with Gasteiger partial charge in [0.2, 0.25) is 0 Å². The second-order valence-electron chi connectivity index (χ2n) is 4.14. The van der Waals surface area contributed by atoms with Crippen LogP contribution in [0.25, 0.3) is 0 Å². The van der Waals surface area contributed by atoms with Gasteiger partial charge in [-0.15, -0.1) is 0 Å². The van der Waals surface area contributed by atoms with Gasteiger partial charge in [0.05, 0.1) is 10.6 Å². The fourth-order valence-electron chi connectivity index (χ4n) is 1.61. The van der Waals surface area contributed by atoms with E-state index >= 15 is 0 Å². The smallest absolute Gasteiger partial charge is 0.258 e. The molecule has 21 heavy (non-hydrogen) atoms. The second kappa shape index (κ2) is 6.15. The third-order valence-electron chi connectivity index (χ3n) is 2.68. The largest absolute Gasteiger partial charge is 0.389 e. The van der Waals surface area contributed by atoms with Crippen LogP contribution in [0.15, 0.2) is 36.4 Å². The van der Waals surface area contributed by atoms with Crippen LogP contribution in [0.4, 0.5) is 14.5 Å². The van der Waals surface area contributed by atoms with E-state index in [0.717, 1.165) is 12.1 Å². The van der Waals surface area contributed by atoms with E-state index < -0.39 is 23.1 Å². The van der Waals surface area contributed by atoms with Gasteiger partial charge in [-0.2, -0.15) is 0 Å². The topological polar surface area (TPSA) is 55.1 Å². The maximum atomic E-state index is 13.6. The molecule has 0 aliphatic rings. The first-order valence-electron chi connectivity index (χ1n) is 5.74. The number of nitrogens with two attached hydrogens (primary N) is 1. The Morgan fingerprint density at radius 2 is 1.76 bits per heavy atom. The lowest BCUT2D eigenvalue weighted by Crippen LogP contribution is -2.15. The Morgan fingerprint density at radius 1 is 1.14 bits per heavy atom. The Balaban J connectivity index is 2.22. The van der Waals surface area contributed by atoms with Crippen LogP contribution in [0, 0.1) is 11.6 Å². The number of carbonyl (C=O) groups is 1. The highest BCUT2D eigenvalue weighted by atomic mass is 35.5. The summed E-state index contributed by atoms with van der Waals surface area (Å²) in [6, 6.07) is 7.82. The predicted octanol–water partition coefficient (Wildman–Crippen LogP) is 3.50. The van der Waals surface area contributed by atoms with Crippen LogP contribution in [0.3, 0.4) is 0 Å². The fourth-order valence-corrected chi connectivity index (χ4v) is 1.90. The van der Waals surface area contributed by atoms with Crippen molar-refractivity contribution < 1.29 is 13.6 Å². The minimum absolute atomic E-state index is 0.221. The third-order valence-corrected chi connectivity index (χ3v) is 3.21. The Hall–Kier alpha value is -2.05. The molecule has 0 atom stereocenters. The molecule has 0 aromatic heterocycles. The van der Waals surface area contributed by atoms with Gasteiger partial charge in [0.25, 0.3) is 5.91 Å². The first-order valence-corrected chi connectivity index (χ1v) is 6.53. The first-order chi connectivity index (χ1) is 9.88. The second-order valence-corrected chi connectivity index (χ2v) is 4.99. The molecule has 0 bridgehead atoms. The maximum Gasteiger partial charge on any atom is 0.258 e. The fraction of sp³-hybridized carbons (Fsp3) is 0. The van der Waals surface area contributed by atoms with Gasteiger partial charge in [-0.1, -0.05) is 23.8 Å². The Kier molecular flexibility index (Phi) is 4.50. The van der Waals surface area contributed by atoms with Gasteiger partial charge >= 0.3 is 0 Å². The van der Waals surface area contributed by atoms with Crippen LogP contribution in [-0.4, -0.2) is 10.9 Å². The third kappa shape index (κ3) is 3.53. The molecule has 2 rings (SSSR count). The number of nitrogens with one attached hydrogen (secondary N) is 1. The summed E-state index contributed by atoms with van der Waals surface area (Å²) in [6.45, 7) is 0. The lowest BCUT2D eigenvalue weighted by molar-refractivity contribution is 0.102. The van der Waals surface area contributed by atoms with Crippen LogP contribution >= 0.6 is 23.8 Å². The molecule has 0 fully saturated rings. The number of hydrogen-bond donors (Lipinski definition) is 2. The molecule has 0 radical (unpaired) electrons. The number of thiocarbonyl (C=S) groups is 1. The van der Waals surface area contributed by atoms with Crippen molar-refractivity contribution in [2.75, 3.05) is 5.32 Å². The van der Waals surface area contributed by atoms with E-state index in [9.17, 15) is 13.6 Å². The summed E-state index contributed by atoms with van der Waals surface area (Å²) in [5.74, 6) is -2.56.